The van der Waals surface area contributed by atoms with E-state index in [9.17, 15) is 9.90 Å². The molecule has 3 N–H and O–H groups in total. The second kappa shape index (κ2) is 12.6. The molecule has 2 atom stereocenters. The number of halogens is 1. The number of amides is 1. The molecule has 7 heteroatoms. The summed E-state index contributed by atoms with van der Waals surface area (Å²) < 4.78 is 11.7. The number of ether oxygens (including phenoxy) is 2. The van der Waals surface area contributed by atoms with E-state index >= 15 is 0 Å². The van der Waals surface area contributed by atoms with E-state index in [4.69, 9.17) is 21.1 Å². The molecule has 0 saturated heterocycles. The standard InChI is InChI=1S/C28H33ClN2O4/c1-28(2,3)26(20-11-6-4-7-12-20)35-27(33)31-18-21(32)17-30-19-23-24(29)15-10-16-25(23)34-22-13-8-5-9-14-22/h4-16,21,26,30,32H,17-19H2,1-3H3,(H,31,33). The zero-order valence-electron chi connectivity index (χ0n) is 20.3. The molecule has 0 saturated carbocycles. The predicted molar refractivity (Wildman–Crippen MR) is 139 cm³/mol. The molecule has 35 heavy (non-hydrogen) atoms. The second-order valence-electron chi connectivity index (χ2n) is 9.36. The fourth-order valence-corrected chi connectivity index (χ4v) is 3.81. The van der Waals surface area contributed by atoms with Crippen LogP contribution in [0.25, 0.3) is 0 Å². The average molecular weight is 497 g/mol. The number of aliphatic hydroxyl groups excluding tert-OH is 1. The van der Waals surface area contributed by atoms with Crippen molar-refractivity contribution in [1.29, 1.82) is 0 Å². The summed E-state index contributed by atoms with van der Waals surface area (Å²) in [5, 5.41) is 16.8. The minimum atomic E-state index is -0.812. The van der Waals surface area contributed by atoms with Crippen molar-refractivity contribution in [1.82, 2.24) is 10.6 Å². The van der Waals surface area contributed by atoms with Crippen LogP contribution < -0.4 is 15.4 Å². The summed E-state index contributed by atoms with van der Waals surface area (Å²) in [5.74, 6) is 1.35. The molecule has 2 unspecified atom stereocenters. The van der Waals surface area contributed by atoms with Crippen molar-refractivity contribution in [3.8, 4) is 11.5 Å². The van der Waals surface area contributed by atoms with Crippen molar-refractivity contribution in [2.24, 2.45) is 5.41 Å². The number of hydrogen-bond donors (Lipinski definition) is 3. The highest BCUT2D eigenvalue weighted by Crippen LogP contribution is 2.36. The Morgan fingerprint density at radius 3 is 2.26 bits per heavy atom. The quantitative estimate of drug-likeness (QED) is 0.316. The fraction of sp³-hybridized carbons (Fsp3) is 0.321. The highest BCUT2D eigenvalue weighted by Gasteiger charge is 2.30. The molecular weight excluding hydrogens is 464 g/mol. The number of hydrogen-bond acceptors (Lipinski definition) is 5. The molecule has 1 amide bonds. The highest BCUT2D eigenvalue weighted by molar-refractivity contribution is 6.31. The number of carbonyl (C=O) groups is 1. The minimum absolute atomic E-state index is 0.0490. The molecule has 0 radical (unpaired) electrons. The van der Waals surface area contributed by atoms with Gasteiger partial charge in [0.05, 0.1) is 6.10 Å². The molecule has 0 spiro atoms. The number of para-hydroxylation sites is 1. The maximum absolute atomic E-state index is 12.4. The van der Waals surface area contributed by atoms with E-state index in [2.05, 4.69) is 10.6 Å². The Hall–Kier alpha value is -3.06. The molecule has 0 aromatic heterocycles. The van der Waals surface area contributed by atoms with E-state index in [1.165, 1.54) is 0 Å². The number of alkyl carbamates (subject to hydrolysis) is 1. The molecular formula is C28H33ClN2O4. The molecule has 3 aromatic carbocycles. The van der Waals surface area contributed by atoms with Gasteiger partial charge >= 0.3 is 6.09 Å². The van der Waals surface area contributed by atoms with Gasteiger partial charge in [-0.25, -0.2) is 4.79 Å². The molecule has 0 bridgehead atoms. The van der Waals surface area contributed by atoms with Gasteiger partial charge in [0.15, 0.2) is 0 Å². The van der Waals surface area contributed by atoms with Crippen LogP contribution >= 0.6 is 11.6 Å². The Morgan fingerprint density at radius 1 is 0.943 bits per heavy atom. The van der Waals surface area contributed by atoms with Crippen molar-refractivity contribution < 1.29 is 19.4 Å². The fourth-order valence-electron chi connectivity index (χ4n) is 3.58. The lowest BCUT2D eigenvalue weighted by Gasteiger charge is -2.30. The lowest BCUT2D eigenvalue weighted by Crippen LogP contribution is -2.39. The van der Waals surface area contributed by atoms with E-state index in [1.807, 2.05) is 93.6 Å². The number of rotatable bonds is 10. The van der Waals surface area contributed by atoms with Crippen molar-refractivity contribution >= 4 is 17.7 Å². The van der Waals surface area contributed by atoms with Crippen LogP contribution in [0.1, 0.15) is 38.0 Å². The first-order valence-electron chi connectivity index (χ1n) is 11.6. The smallest absolute Gasteiger partial charge is 0.407 e. The van der Waals surface area contributed by atoms with Crippen molar-refractivity contribution in [3.05, 3.63) is 95.0 Å². The Balaban J connectivity index is 1.49. The summed E-state index contributed by atoms with van der Waals surface area (Å²) in [6.07, 6.45) is -1.80. The Kier molecular flexibility index (Phi) is 9.55. The van der Waals surface area contributed by atoms with Crippen LogP contribution in [0.3, 0.4) is 0 Å². The van der Waals surface area contributed by atoms with E-state index < -0.39 is 18.3 Å². The number of aliphatic hydroxyl groups is 1. The van der Waals surface area contributed by atoms with Crippen molar-refractivity contribution in [2.45, 2.75) is 39.5 Å². The first kappa shape index (κ1) is 26.5. The van der Waals surface area contributed by atoms with Crippen LogP contribution in [0.15, 0.2) is 78.9 Å². The zero-order chi connectivity index (χ0) is 25.3. The highest BCUT2D eigenvalue weighted by atomic mass is 35.5. The lowest BCUT2D eigenvalue weighted by atomic mass is 9.84. The van der Waals surface area contributed by atoms with Crippen LogP contribution in [0.5, 0.6) is 11.5 Å². The maximum atomic E-state index is 12.4. The lowest BCUT2D eigenvalue weighted by molar-refractivity contribution is 0.0281. The third-order valence-corrected chi connectivity index (χ3v) is 5.68. The Morgan fingerprint density at radius 2 is 1.60 bits per heavy atom. The summed E-state index contributed by atoms with van der Waals surface area (Å²) in [5.41, 5.74) is 1.42. The van der Waals surface area contributed by atoms with Gasteiger partial charge in [-0.15, -0.1) is 0 Å². The van der Waals surface area contributed by atoms with Gasteiger partial charge in [-0.3, -0.25) is 0 Å². The van der Waals surface area contributed by atoms with Gasteiger partial charge in [0.2, 0.25) is 0 Å². The second-order valence-corrected chi connectivity index (χ2v) is 9.77. The molecule has 3 rings (SSSR count). The molecule has 186 valence electrons. The number of nitrogens with one attached hydrogen (secondary N) is 2. The van der Waals surface area contributed by atoms with E-state index in [1.54, 1.807) is 6.07 Å². The predicted octanol–water partition coefficient (Wildman–Crippen LogP) is 6.10. The van der Waals surface area contributed by atoms with Crippen molar-refractivity contribution in [2.75, 3.05) is 13.1 Å². The van der Waals surface area contributed by atoms with E-state index in [0.717, 1.165) is 11.1 Å². The van der Waals surface area contributed by atoms with Crippen LogP contribution in [-0.4, -0.2) is 30.4 Å². The van der Waals surface area contributed by atoms with Crippen LogP contribution in [0.2, 0.25) is 5.02 Å². The molecule has 3 aromatic rings. The Labute approximate surface area is 212 Å². The van der Waals surface area contributed by atoms with Crippen LogP contribution in [-0.2, 0) is 11.3 Å². The summed E-state index contributed by atoms with van der Waals surface area (Å²) in [4.78, 5) is 12.4. The summed E-state index contributed by atoms with van der Waals surface area (Å²) in [7, 11) is 0. The van der Waals surface area contributed by atoms with E-state index in [-0.39, 0.29) is 18.5 Å². The third-order valence-electron chi connectivity index (χ3n) is 5.32. The molecule has 0 heterocycles. The first-order chi connectivity index (χ1) is 16.7. The average Bonchev–Trinajstić information content (AvgIpc) is 2.83. The molecule has 0 fully saturated rings. The zero-order valence-corrected chi connectivity index (χ0v) is 21.1. The largest absolute Gasteiger partial charge is 0.457 e. The molecule has 0 aliphatic rings. The number of benzene rings is 3. The van der Waals surface area contributed by atoms with Crippen LogP contribution in [0, 0.1) is 5.41 Å². The van der Waals surface area contributed by atoms with Gasteiger partial charge < -0.3 is 25.2 Å². The minimum Gasteiger partial charge on any atom is -0.457 e. The van der Waals surface area contributed by atoms with Gasteiger partial charge in [-0.2, -0.15) is 0 Å². The van der Waals surface area contributed by atoms with Gasteiger partial charge in [-0.05, 0) is 29.8 Å². The Bertz CT molecular complexity index is 1070. The molecule has 0 aliphatic carbocycles. The topological polar surface area (TPSA) is 79.8 Å². The summed E-state index contributed by atoms with van der Waals surface area (Å²) in [6.45, 7) is 6.73. The summed E-state index contributed by atoms with van der Waals surface area (Å²) >= 11 is 6.39. The third kappa shape index (κ3) is 8.28. The van der Waals surface area contributed by atoms with Crippen molar-refractivity contribution in [3.63, 3.8) is 0 Å². The maximum Gasteiger partial charge on any atom is 0.407 e. The van der Waals surface area contributed by atoms with Gasteiger partial charge in [0.25, 0.3) is 0 Å². The monoisotopic (exact) mass is 496 g/mol. The van der Waals surface area contributed by atoms with Gasteiger partial charge in [-0.1, -0.05) is 87.0 Å². The normalized spacial score (nSPS) is 13.1. The molecule has 6 nitrogen and oxygen atoms in total. The first-order valence-corrected chi connectivity index (χ1v) is 12.0. The molecule has 0 aliphatic heterocycles. The van der Waals surface area contributed by atoms with E-state index in [0.29, 0.717) is 23.1 Å². The SMILES string of the molecule is CC(C)(C)C(OC(=O)NCC(O)CNCc1c(Cl)cccc1Oc1ccccc1)c1ccccc1. The van der Waals surface area contributed by atoms with Crippen LogP contribution in [0.4, 0.5) is 4.79 Å². The summed E-state index contributed by atoms with van der Waals surface area (Å²) in [6, 6.07) is 24.6. The van der Waals surface area contributed by atoms with Gasteiger partial charge in [0, 0.05) is 35.6 Å². The number of carbonyl (C=O) groups excluding carboxylic acids is 1. The van der Waals surface area contributed by atoms with Gasteiger partial charge in [0.1, 0.15) is 17.6 Å².